The Hall–Kier alpha value is -4.11. The van der Waals surface area contributed by atoms with Crippen LogP contribution >= 0.6 is 11.3 Å². The molecule has 1 unspecified atom stereocenters. The van der Waals surface area contributed by atoms with Crippen molar-refractivity contribution in [3.8, 4) is 17.2 Å². The lowest BCUT2D eigenvalue weighted by molar-refractivity contribution is -0.139. The van der Waals surface area contributed by atoms with Crippen molar-refractivity contribution in [3.63, 3.8) is 0 Å². The fourth-order valence-corrected chi connectivity index (χ4v) is 5.15. The van der Waals surface area contributed by atoms with Crippen LogP contribution in [0.25, 0.3) is 6.08 Å². The predicted molar refractivity (Wildman–Crippen MR) is 142 cm³/mol. The summed E-state index contributed by atoms with van der Waals surface area (Å²) in [6, 6.07) is 12.0. The number of carbonyl (C=O) groups excluding carboxylic acids is 1. The van der Waals surface area contributed by atoms with Crippen LogP contribution in [0.5, 0.6) is 17.2 Å². The molecule has 2 aromatic carbocycles. The second kappa shape index (κ2) is 11.3. The number of allylic oxidation sites excluding steroid dienone is 1. The maximum atomic E-state index is 13.7. The molecule has 3 aromatic rings. The van der Waals surface area contributed by atoms with Gasteiger partial charge in [-0.1, -0.05) is 42.2 Å². The topological polar surface area (TPSA) is 88.4 Å². The van der Waals surface area contributed by atoms with Gasteiger partial charge in [0.2, 0.25) is 0 Å². The van der Waals surface area contributed by atoms with Crippen LogP contribution in [0.15, 0.2) is 76.2 Å². The first-order chi connectivity index (χ1) is 17.9. The van der Waals surface area contributed by atoms with Crippen molar-refractivity contribution in [3.05, 3.63) is 97.2 Å². The first-order valence-electron chi connectivity index (χ1n) is 11.7. The van der Waals surface area contributed by atoms with Gasteiger partial charge < -0.3 is 18.9 Å². The molecule has 9 heteroatoms. The summed E-state index contributed by atoms with van der Waals surface area (Å²) in [5.41, 5.74) is 2.08. The van der Waals surface area contributed by atoms with E-state index in [1.807, 2.05) is 18.2 Å². The summed E-state index contributed by atoms with van der Waals surface area (Å²) in [7, 11) is 3.13. The molecule has 0 N–H and O–H groups in total. The minimum atomic E-state index is -0.698. The number of aromatic nitrogens is 1. The van der Waals surface area contributed by atoms with E-state index < -0.39 is 12.0 Å². The SMILES string of the molecule is C=CCOc1ccc(C2C(C(=O)OCC)=C(C)N=c3s/c(=C\c4ccc(OC)c(OC)c4)c(=O)n32)cc1. The number of ether oxygens (including phenoxy) is 4. The molecule has 1 aromatic heterocycles. The predicted octanol–water partition coefficient (Wildman–Crippen LogP) is 3.38. The lowest BCUT2D eigenvalue weighted by Gasteiger charge is -2.24. The van der Waals surface area contributed by atoms with Crippen molar-refractivity contribution in [2.45, 2.75) is 19.9 Å². The second-order valence-corrected chi connectivity index (χ2v) is 9.09. The molecule has 0 saturated carbocycles. The Morgan fingerprint density at radius 1 is 1.14 bits per heavy atom. The van der Waals surface area contributed by atoms with Crippen LogP contribution in [-0.2, 0) is 9.53 Å². The van der Waals surface area contributed by atoms with E-state index in [0.29, 0.717) is 44.5 Å². The number of thiazole rings is 1. The standard InChI is InChI=1S/C28H28N2O6S/c1-6-14-36-20-11-9-19(10-12-20)25-24(27(32)35-7-2)17(3)29-28-30(25)26(31)23(37-28)16-18-8-13-21(33-4)22(15-18)34-5/h6,8-13,15-16,25H,1,7,14H2,2-5H3/b23-16-. The summed E-state index contributed by atoms with van der Waals surface area (Å²) in [5, 5.41) is 0. The molecule has 8 nitrogen and oxygen atoms in total. The molecule has 4 rings (SSSR count). The van der Waals surface area contributed by atoms with Gasteiger partial charge in [-0.2, -0.15) is 0 Å². The Morgan fingerprint density at radius 3 is 2.51 bits per heavy atom. The number of methoxy groups -OCH3 is 2. The van der Waals surface area contributed by atoms with Gasteiger partial charge in [0.25, 0.3) is 5.56 Å². The monoisotopic (exact) mass is 520 g/mol. The molecule has 192 valence electrons. The normalized spacial score (nSPS) is 15.0. The number of hydrogen-bond donors (Lipinski definition) is 0. The molecule has 0 bridgehead atoms. The van der Waals surface area contributed by atoms with E-state index in [4.69, 9.17) is 18.9 Å². The van der Waals surface area contributed by atoms with E-state index in [2.05, 4.69) is 11.6 Å². The number of carbonyl (C=O) groups is 1. The van der Waals surface area contributed by atoms with E-state index in [0.717, 1.165) is 11.1 Å². The van der Waals surface area contributed by atoms with Crippen LogP contribution in [0.4, 0.5) is 0 Å². The molecular formula is C28H28N2O6S. The summed E-state index contributed by atoms with van der Waals surface area (Å²) in [6.07, 6.45) is 3.44. The zero-order valence-electron chi connectivity index (χ0n) is 21.1. The van der Waals surface area contributed by atoms with Gasteiger partial charge in [-0.3, -0.25) is 9.36 Å². The number of rotatable bonds is 9. The average molecular weight is 521 g/mol. The molecule has 0 saturated heterocycles. The highest BCUT2D eigenvalue weighted by Gasteiger charge is 2.33. The largest absolute Gasteiger partial charge is 0.493 e. The first kappa shape index (κ1) is 26.0. The van der Waals surface area contributed by atoms with Crippen LogP contribution in [0.1, 0.15) is 31.0 Å². The van der Waals surface area contributed by atoms with Crippen molar-refractivity contribution in [2.24, 2.45) is 4.99 Å². The fraction of sp³-hybridized carbons (Fsp3) is 0.250. The van der Waals surface area contributed by atoms with E-state index >= 15 is 0 Å². The highest BCUT2D eigenvalue weighted by atomic mass is 32.1. The van der Waals surface area contributed by atoms with Gasteiger partial charge in [-0.15, -0.1) is 0 Å². The molecule has 1 aliphatic heterocycles. The maximum Gasteiger partial charge on any atom is 0.338 e. The van der Waals surface area contributed by atoms with Crippen molar-refractivity contribution < 1.29 is 23.7 Å². The average Bonchev–Trinajstić information content (AvgIpc) is 3.21. The van der Waals surface area contributed by atoms with Crippen LogP contribution in [-0.4, -0.2) is 38.0 Å². The molecule has 0 fully saturated rings. The summed E-state index contributed by atoms with van der Waals surface area (Å²) in [5.74, 6) is 1.30. The number of fused-ring (bicyclic) bond motifs is 1. The molecule has 0 aliphatic carbocycles. The van der Waals surface area contributed by atoms with Crippen molar-refractivity contribution in [1.82, 2.24) is 4.57 Å². The molecule has 37 heavy (non-hydrogen) atoms. The molecule has 0 radical (unpaired) electrons. The van der Waals surface area contributed by atoms with Crippen LogP contribution < -0.4 is 29.1 Å². The van der Waals surface area contributed by atoms with Gasteiger partial charge in [0.05, 0.1) is 42.7 Å². The number of nitrogens with zero attached hydrogens (tertiary/aromatic N) is 2. The van der Waals surface area contributed by atoms with Crippen molar-refractivity contribution in [1.29, 1.82) is 0 Å². The van der Waals surface area contributed by atoms with Crippen LogP contribution in [0.2, 0.25) is 0 Å². The molecule has 1 aliphatic rings. The maximum absolute atomic E-state index is 13.7. The fourth-order valence-electron chi connectivity index (χ4n) is 4.10. The third kappa shape index (κ3) is 5.22. The van der Waals surface area contributed by atoms with Gasteiger partial charge in [0, 0.05) is 0 Å². The lowest BCUT2D eigenvalue weighted by Crippen LogP contribution is -2.39. The number of benzene rings is 2. The summed E-state index contributed by atoms with van der Waals surface area (Å²) >= 11 is 1.26. The number of hydrogen-bond acceptors (Lipinski definition) is 8. The summed E-state index contributed by atoms with van der Waals surface area (Å²) in [4.78, 5) is 31.9. The van der Waals surface area contributed by atoms with Gasteiger partial charge in [0.1, 0.15) is 12.4 Å². The summed E-state index contributed by atoms with van der Waals surface area (Å²) < 4.78 is 23.7. The van der Waals surface area contributed by atoms with Crippen molar-refractivity contribution >= 4 is 23.4 Å². The first-order valence-corrected chi connectivity index (χ1v) is 12.5. The van der Waals surface area contributed by atoms with E-state index in [-0.39, 0.29) is 12.2 Å². The van der Waals surface area contributed by atoms with Crippen molar-refractivity contribution in [2.75, 3.05) is 27.4 Å². The van der Waals surface area contributed by atoms with Gasteiger partial charge in [-0.05, 0) is 55.3 Å². The third-order valence-corrected chi connectivity index (χ3v) is 6.77. The van der Waals surface area contributed by atoms with Crippen LogP contribution in [0.3, 0.4) is 0 Å². The Balaban J connectivity index is 1.87. The minimum absolute atomic E-state index is 0.209. The molecular weight excluding hydrogens is 492 g/mol. The van der Waals surface area contributed by atoms with Gasteiger partial charge in [0.15, 0.2) is 16.3 Å². The van der Waals surface area contributed by atoms with E-state index in [1.165, 1.54) is 11.3 Å². The minimum Gasteiger partial charge on any atom is -0.493 e. The number of esters is 1. The van der Waals surface area contributed by atoms with Crippen LogP contribution in [0, 0.1) is 0 Å². The highest BCUT2D eigenvalue weighted by Crippen LogP contribution is 2.32. The Bertz CT molecular complexity index is 1530. The molecule has 2 heterocycles. The lowest BCUT2D eigenvalue weighted by atomic mass is 9.96. The Kier molecular flexibility index (Phi) is 7.93. The molecule has 0 amide bonds. The van der Waals surface area contributed by atoms with Gasteiger partial charge in [-0.25, -0.2) is 9.79 Å². The Morgan fingerprint density at radius 2 is 1.86 bits per heavy atom. The van der Waals surface area contributed by atoms with E-state index in [9.17, 15) is 9.59 Å². The quantitative estimate of drug-likeness (QED) is 0.318. The Labute approximate surface area is 218 Å². The highest BCUT2D eigenvalue weighted by molar-refractivity contribution is 7.07. The third-order valence-electron chi connectivity index (χ3n) is 5.79. The smallest absolute Gasteiger partial charge is 0.338 e. The van der Waals surface area contributed by atoms with Gasteiger partial charge >= 0.3 is 5.97 Å². The zero-order chi connectivity index (χ0) is 26.5. The molecule has 0 spiro atoms. The summed E-state index contributed by atoms with van der Waals surface area (Å²) in [6.45, 7) is 7.74. The zero-order valence-corrected chi connectivity index (χ0v) is 22.0. The second-order valence-electron chi connectivity index (χ2n) is 8.09. The molecule has 1 atom stereocenters. The van der Waals surface area contributed by atoms with E-state index in [1.54, 1.807) is 69.1 Å².